The molecule has 1 aliphatic carbocycles. The third kappa shape index (κ3) is 1.77. The van der Waals surface area contributed by atoms with Gasteiger partial charge in [0.1, 0.15) is 5.82 Å². The van der Waals surface area contributed by atoms with Gasteiger partial charge in [-0.25, -0.2) is 4.39 Å². The Labute approximate surface area is 149 Å². The normalized spacial score (nSPS) is 32.4. The lowest BCUT2D eigenvalue weighted by Gasteiger charge is -2.29. The number of nitrogens with one attached hydrogen (secondary N) is 1. The molecule has 0 bridgehead atoms. The Balaban J connectivity index is 2.21. The molecule has 3 N–H and O–H groups in total. The topological polar surface area (TPSA) is 87.6 Å². The highest BCUT2D eigenvalue weighted by Gasteiger charge is 2.95. The number of benzene rings is 1. The van der Waals surface area contributed by atoms with E-state index in [1.54, 1.807) is 35.7 Å². The van der Waals surface area contributed by atoms with E-state index in [-0.39, 0.29) is 11.7 Å². The second-order valence-corrected chi connectivity index (χ2v) is 9.06. The van der Waals surface area contributed by atoms with Crippen LogP contribution < -0.4 is 10.7 Å². The van der Waals surface area contributed by atoms with Gasteiger partial charge in [-0.2, -0.15) is 10.5 Å². The first-order valence-electron chi connectivity index (χ1n) is 7.76. The van der Waals surface area contributed by atoms with Crippen LogP contribution in [-0.4, -0.2) is 21.5 Å². The highest BCUT2D eigenvalue weighted by molar-refractivity contribution is 8.17. The monoisotopic (exact) mass is 361 g/mol. The maximum absolute atomic E-state index is 13.3. The fraction of sp³-hybridized carbons (Fsp3) is 0.471. The summed E-state index contributed by atoms with van der Waals surface area (Å²) in [7, 11) is 0. The van der Waals surface area contributed by atoms with Gasteiger partial charge in [0.15, 0.2) is 10.8 Å². The van der Waals surface area contributed by atoms with Crippen LogP contribution in [-0.2, 0) is 0 Å². The van der Waals surface area contributed by atoms with Crippen molar-refractivity contribution in [3.05, 3.63) is 35.6 Å². The van der Waals surface area contributed by atoms with E-state index in [1.165, 1.54) is 12.1 Å². The molecule has 0 saturated heterocycles. The Morgan fingerprint density at radius 2 is 1.75 bits per heavy atom. The molecule has 3 atom stereocenters. The molecule has 1 aliphatic heterocycles. The second-order valence-electron chi connectivity index (χ2n) is 5.85. The third-order valence-corrected chi connectivity index (χ3v) is 7.84. The Morgan fingerprint density at radius 3 is 2.21 bits per heavy atom. The minimum Gasteiger partial charge on any atom is -0.290 e. The molecule has 2 aliphatic rings. The van der Waals surface area contributed by atoms with Crippen LogP contribution in [0.25, 0.3) is 0 Å². The predicted octanol–water partition coefficient (Wildman–Crippen LogP) is 1.55. The van der Waals surface area contributed by atoms with Crippen LogP contribution in [0, 0.1) is 39.3 Å². The van der Waals surface area contributed by atoms with Crippen LogP contribution in [0.2, 0.25) is 0 Å². The zero-order valence-electron chi connectivity index (χ0n) is 13.5. The average Bonchev–Trinajstić information content (AvgIpc) is 3.15. The summed E-state index contributed by atoms with van der Waals surface area (Å²) in [5.74, 6) is 1.22. The molecule has 0 amide bonds. The van der Waals surface area contributed by atoms with Crippen molar-refractivity contribution in [2.75, 3.05) is 11.5 Å². The molecule has 1 saturated carbocycles. The van der Waals surface area contributed by atoms with Crippen molar-refractivity contribution in [1.29, 1.82) is 10.5 Å². The van der Waals surface area contributed by atoms with Crippen molar-refractivity contribution in [2.45, 2.75) is 24.0 Å². The quantitative estimate of drug-likeness (QED) is 0.777. The van der Waals surface area contributed by atoms with Crippen LogP contribution in [0.15, 0.2) is 24.3 Å². The van der Waals surface area contributed by atoms with Crippen molar-refractivity contribution >= 4 is 29.4 Å². The number of hydrogen-bond acceptors (Lipinski definition) is 5. The van der Waals surface area contributed by atoms with E-state index in [2.05, 4.69) is 17.1 Å². The average molecular weight is 361 g/mol. The Hall–Kier alpha value is -1.70. The van der Waals surface area contributed by atoms with E-state index in [0.29, 0.717) is 5.84 Å². The SMILES string of the molecule is CCSC1(SCC)[NH+]=C(N)[C@@]2(C#N)[C@H](c3ccc(F)cc3)[C@@]12C#N. The maximum atomic E-state index is 13.3. The van der Waals surface area contributed by atoms with Crippen molar-refractivity contribution < 1.29 is 9.38 Å². The van der Waals surface area contributed by atoms with Gasteiger partial charge in [0.25, 0.3) is 5.84 Å². The van der Waals surface area contributed by atoms with Gasteiger partial charge in [0.05, 0.1) is 12.1 Å². The molecule has 0 radical (unpaired) electrons. The number of nitriles is 2. The molecule has 3 rings (SSSR count). The number of hydrogen-bond donors (Lipinski definition) is 2. The molecule has 1 fully saturated rings. The minimum absolute atomic E-state index is 0.339. The van der Waals surface area contributed by atoms with Gasteiger partial charge in [-0.1, -0.05) is 49.5 Å². The number of nitrogens with zero attached hydrogens (tertiary/aromatic N) is 2. The summed E-state index contributed by atoms with van der Waals surface area (Å²) in [4.78, 5) is 3.26. The fourth-order valence-corrected chi connectivity index (χ4v) is 7.33. The van der Waals surface area contributed by atoms with Crippen molar-refractivity contribution in [1.82, 2.24) is 0 Å². The zero-order valence-corrected chi connectivity index (χ0v) is 15.1. The molecule has 124 valence electrons. The number of fused-ring (bicyclic) bond motifs is 1. The summed E-state index contributed by atoms with van der Waals surface area (Å²) in [6.45, 7) is 4.04. The van der Waals surface area contributed by atoms with E-state index >= 15 is 0 Å². The Morgan fingerprint density at radius 1 is 1.17 bits per heavy atom. The van der Waals surface area contributed by atoms with Gasteiger partial charge in [0, 0.05) is 5.92 Å². The molecular formula is C17H18FN4S2+. The van der Waals surface area contributed by atoms with Gasteiger partial charge < -0.3 is 0 Å². The molecule has 1 aromatic rings. The van der Waals surface area contributed by atoms with Gasteiger partial charge in [-0.05, 0) is 29.2 Å². The lowest BCUT2D eigenvalue weighted by molar-refractivity contribution is -0.492. The van der Waals surface area contributed by atoms with Crippen molar-refractivity contribution in [3.63, 3.8) is 0 Å². The first-order chi connectivity index (χ1) is 11.5. The molecule has 0 spiro atoms. The predicted molar refractivity (Wildman–Crippen MR) is 94.4 cm³/mol. The van der Waals surface area contributed by atoms with Crippen LogP contribution in [0.3, 0.4) is 0 Å². The van der Waals surface area contributed by atoms with E-state index < -0.39 is 15.0 Å². The van der Waals surface area contributed by atoms with Crippen LogP contribution in [0.5, 0.6) is 0 Å². The van der Waals surface area contributed by atoms with E-state index in [9.17, 15) is 14.9 Å². The molecule has 24 heavy (non-hydrogen) atoms. The Kier molecular flexibility index (Phi) is 4.06. The Bertz CT molecular complexity index is 773. The lowest BCUT2D eigenvalue weighted by Crippen LogP contribution is -2.86. The molecule has 1 aromatic carbocycles. The van der Waals surface area contributed by atoms with Crippen LogP contribution in [0.4, 0.5) is 4.39 Å². The first kappa shape index (κ1) is 17.1. The minimum atomic E-state index is -1.08. The van der Waals surface area contributed by atoms with Crippen molar-refractivity contribution in [2.24, 2.45) is 16.6 Å². The smallest absolute Gasteiger partial charge is 0.265 e. The molecule has 0 aromatic heterocycles. The summed E-state index contributed by atoms with van der Waals surface area (Å²) >= 11 is 3.21. The maximum Gasteiger partial charge on any atom is 0.265 e. The molecule has 7 heteroatoms. The highest BCUT2D eigenvalue weighted by atomic mass is 32.2. The van der Waals surface area contributed by atoms with E-state index in [4.69, 9.17) is 5.73 Å². The third-order valence-electron chi connectivity index (χ3n) is 4.90. The van der Waals surface area contributed by atoms with Gasteiger partial charge in [-0.3, -0.25) is 10.7 Å². The molecule has 4 nitrogen and oxygen atoms in total. The van der Waals surface area contributed by atoms with Crippen molar-refractivity contribution in [3.8, 4) is 12.1 Å². The second kappa shape index (κ2) is 5.68. The summed E-state index contributed by atoms with van der Waals surface area (Å²) in [6.07, 6.45) is 0. The summed E-state index contributed by atoms with van der Waals surface area (Å²) in [5, 5.41) is 20.1. The summed E-state index contributed by atoms with van der Waals surface area (Å²) in [6, 6.07) is 10.8. The van der Waals surface area contributed by atoms with E-state index in [0.717, 1.165) is 17.1 Å². The number of nitrogens with two attached hydrogens (primary N) is 1. The molecule has 1 heterocycles. The van der Waals surface area contributed by atoms with Crippen LogP contribution in [0.1, 0.15) is 25.3 Å². The van der Waals surface area contributed by atoms with E-state index in [1.807, 2.05) is 13.8 Å². The first-order valence-corrected chi connectivity index (χ1v) is 9.73. The number of amidine groups is 1. The standard InChI is InChI=1S/C17H17FN4S2/c1-3-23-17(24-4-2)16(10-20)13(11-5-7-12(18)8-6-11)15(16,9-19)14(21)22-17/h5-8,13H,3-4H2,1-2H3,(H2,21,22)/p+1/t13-,15+,16+/m0/s1. The largest absolute Gasteiger partial charge is 0.290 e. The fourth-order valence-electron chi connectivity index (χ4n) is 4.01. The molecular weight excluding hydrogens is 343 g/mol. The summed E-state index contributed by atoms with van der Waals surface area (Å²) < 4.78 is 12.6. The number of thioether (sulfide) groups is 2. The van der Waals surface area contributed by atoms with Gasteiger partial charge in [-0.15, -0.1) is 0 Å². The number of halogens is 1. The van der Waals surface area contributed by atoms with Crippen LogP contribution >= 0.6 is 23.5 Å². The molecule has 0 unspecified atom stereocenters. The van der Waals surface area contributed by atoms with Gasteiger partial charge >= 0.3 is 0 Å². The number of rotatable bonds is 5. The zero-order chi connectivity index (χ0) is 17.6. The lowest BCUT2D eigenvalue weighted by atomic mass is 9.97. The van der Waals surface area contributed by atoms with Gasteiger partial charge in [0.2, 0.25) is 4.20 Å². The summed E-state index contributed by atoms with van der Waals surface area (Å²) in [5.41, 5.74) is 4.98. The highest BCUT2D eigenvalue weighted by Crippen LogP contribution is 2.81.